The van der Waals surface area contributed by atoms with Gasteiger partial charge in [0, 0.05) is 30.0 Å². The fourth-order valence-corrected chi connectivity index (χ4v) is 7.66. The van der Waals surface area contributed by atoms with Gasteiger partial charge in [-0.25, -0.2) is 4.98 Å². The molecule has 0 spiro atoms. The molecule has 2 fully saturated rings. The van der Waals surface area contributed by atoms with Crippen molar-refractivity contribution in [3.8, 4) is 17.2 Å². The zero-order valence-corrected chi connectivity index (χ0v) is 31.0. The predicted octanol–water partition coefficient (Wildman–Crippen LogP) is 7.22. The molecular formula is C42H50N4O6. The first-order valence-corrected chi connectivity index (χ1v) is 18.1. The maximum Gasteiger partial charge on any atom is 0.254 e. The lowest BCUT2D eigenvalue weighted by molar-refractivity contribution is 0.0777. The van der Waals surface area contributed by atoms with E-state index >= 15 is 0 Å². The van der Waals surface area contributed by atoms with Crippen molar-refractivity contribution in [1.29, 1.82) is 0 Å². The first-order valence-electron chi connectivity index (χ1n) is 18.1. The van der Waals surface area contributed by atoms with Gasteiger partial charge in [-0.1, -0.05) is 48.6 Å². The molecule has 0 radical (unpaired) electrons. The van der Waals surface area contributed by atoms with Crippen LogP contribution in [0.5, 0.6) is 17.2 Å². The molecule has 1 amide bonds. The van der Waals surface area contributed by atoms with Gasteiger partial charge < -0.3 is 33.0 Å². The van der Waals surface area contributed by atoms with Gasteiger partial charge in [-0.15, -0.1) is 0 Å². The number of furan rings is 1. The number of benzene rings is 2. The number of rotatable bonds is 14. The molecule has 2 aromatic heterocycles. The van der Waals surface area contributed by atoms with Crippen molar-refractivity contribution >= 4 is 17.8 Å². The molecule has 0 saturated carbocycles. The molecule has 10 heteroatoms. The third-order valence-corrected chi connectivity index (χ3v) is 10.6. The molecule has 0 N–H and O–H groups in total. The second kappa shape index (κ2) is 16.5. The normalized spacial score (nSPS) is 18.4. The van der Waals surface area contributed by atoms with Gasteiger partial charge in [-0.3, -0.25) is 9.59 Å². The lowest BCUT2D eigenvalue weighted by Gasteiger charge is -2.36. The largest absolute Gasteiger partial charge is 0.493 e. The fraction of sp³-hybridized carbons (Fsp3) is 0.405. The van der Waals surface area contributed by atoms with Crippen LogP contribution in [0.25, 0.3) is 6.08 Å². The fourth-order valence-electron chi connectivity index (χ4n) is 7.66. The number of carbonyl (C=O) groups is 2. The zero-order valence-electron chi connectivity index (χ0n) is 31.0. The summed E-state index contributed by atoms with van der Waals surface area (Å²) in [5.41, 5.74) is 2.44. The number of imidazole rings is 1. The van der Waals surface area contributed by atoms with Crippen LogP contribution in [-0.4, -0.2) is 85.1 Å². The van der Waals surface area contributed by atoms with Crippen molar-refractivity contribution in [2.45, 2.75) is 51.5 Å². The number of methoxy groups -OCH3 is 3. The highest BCUT2D eigenvalue weighted by Crippen LogP contribution is 2.41. The molecule has 4 heterocycles. The average Bonchev–Trinajstić information content (AvgIpc) is 3.92. The van der Waals surface area contributed by atoms with E-state index in [0.717, 1.165) is 62.5 Å². The number of ether oxygens (including phenoxy) is 3. The van der Waals surface area contributed by atoms with Crippen LogP contribution in [0.1, 0.15) is 76.4 Å². The average molecular weight is 707 g/mol. The van der Waals surface area contributed by atoms with Crippen molar-refractivity contribution in [1.82, 2.24) is 19.4 Å². The van der Waals surface area contributed by atoms with E-state index in [1.807, 2.05) is 65.8 Å². The van der Waals surface area contributed by atoms with Crippen LogP contribution >= 0.6 is 0 Å². The van der Waals surface area contributed by atoms with Crippen LogP contribution in [0.3, 0.4) is 0 Å². The summed E-state index contributed by atoms with van der Waals surface area (Å²) in [6.45, 7) is 8.16. The molecule has 1 unspecified atom stereocenters. The molecule has 2 saturated heterocycles. The van der Waals surface area contributed by atoms with Crippen molar-refractivity contribution in [3.05, 3.63) is 113 Å². The van der Waals surface area contributed by atoms with Gasteiger partial charge >= 0.3 is 0 Å². The first-order chi connectivity index (χ1) is 25.3. The highest BCUT2D eigenvalue weighted by molar-refractivity contribution is 5.96. The predicted molar refractivity (Wildman–Crippen MR) is 201 cm³/mol. The maximum absolute atomic E-state index is 14.0. The van der Waals surface area contributed by atoms with E-state index < -0.39 is 0 Å². The van der Waals surface area contributed by atoms with E-state index in [4.69, 9.17) is 18.6 Å². The summed E-state index contributed by atoms with van der Waals surface area (Å²) < 4.78 is 24.4. The SMILES string of the molecule is C/C=C/C=C/c1cnc(C(=O)C2CCN(CCC3(c4ccccc4)CCN(C(=O)c4cc(OC)c(OC)c(OC)c4)C3)CC2)n1Cc1ccc(C)o1. The summed E-state index contributed by atoms with van der Waals surface area (Å²) in [6, 6.07) is 17.9. The van der Waals surface area contributed by atoms with Gasteiger partial charge in [0.15, 0.2) is 17.3 Å². The Hall–Kier alpha value is -5.09. The molecule has 6 rings (SSSR count). The number of amides is 1. The van der Waals surface area contributed by atoms with E-state index in [9.17, 15) is 9.59 Å². The third-order valence-electron chi connectivity index (χ3n) is 10.6. The molecule has 2 aliphatic heterocycles. The van der Waals surface area contributed by atoms with Crippen molar-refractivity contribution < 1.29 is 28.2 Å². The minimum absolute atomic E-state index is 0.0580. The Bertz CT molecular complexity index is 1880. The molecule has 1 atom stereocenters. The lowest BCUT2D eigenvalue weighted by Crippen LogP contribution is -2.41. The minimum atomic E-state index is -0.184. The van der Waals surface area contributed by atoms with E-state index in [2.05, 4.69) is 34.1 Å². The second-order valence-electron chi connectivity index (χ2n) is 13.8. The van der Waals surface area contributed by atoms with E-state index in [-0.39, 0.29) is 23.0 Å². The number of allylic oxidation sites excluding steroid dienone is 3. The smallest absolute Gasteiger partial charge is 0.254 e. The van der Waals surface area contributed by atoms with Crippen LogP contribution in [0.2, 0.25) is 0 Å². The topological polar surface area (TPSA) is 99.3 Å². The molecule has 0 bridgehead atoms. The molecule has 2 aliphatic rings. The number of piperidine rings is 1. The zero-order chi connectivity index (χ0) is 36.7. The Kier molecular flexibility index (Phi) is 11.6. The standard InChI is InChI=1S/C42H50N4O6/c1-6-7-9-14-34-27-43-40(46(34)28-35-16-15-30(2)52-35)38(47)31-17-21-44(22-18-31)23-19-42(33-12-10-8-11-13-33)20-24-45(29-42)41(48)32-25-36(49-3)39(51-5)37(26-32)50-4/h6-16,25-27,31H,17-24,28-29H2,1-5H3/b7-6+,14-9+. The Labute approximate surface area is 306 Å². The van der Waals surface area contributed by atoms with E-state index in [1.54, 1.807) is 39.7 Å². The number of Topliss-reactive ketones (excluding diaryl/α,β-unsaturated/α-hetero) is 1. The summed E-state index contributed by atoms with van der Waals surface area (Å²) in [5.74, 6) is 3.43. The van der Waals surface area contributed by atoms with Crippen molar-refractivity contribution in [3.63, 3.8) is 0 Å². The van der Waals surface area contributed by atoms with Gasteiger partial charge in [0.2, 0.25) is 11.5 Å². The molecule has 274 valence electrons. The number of hydrogen-bond donors (Lipinski definition) is 0. The number of hydrogen-bond acceptors (Lipinski definition) is 8. The number of aromatic nitrogens is 2. The number of ketones is 1. The highest BCUT2D eigenvalue weighted by Gasteiger charge is 2.42. The van der Waals surface area contributed by atoms with Gasteiger partial charge in [0.1, 0.15) is 11.5 Å². The van der Waals surface area contributed by atoms with Gasteiger partial charge in [0.25, 0.3) is 5.91 Å². The Morgan fingerprint density at radius 1 is 0.962 bits per heavy atom. The summed E-state index contributed by atoms with van der Waals surface area (Å²) in [7, 11) is 4.66. The second-order valence-corrected chi connectivity index (χ2v) is 13.8. The van der Waals surface area contributed by atoms with Gasteiger partial charge in [-0.2, -0.15) is 0 Å². The molecule has 10 nitrogen and oxygen atoms in total. The lowest BCUT2D eigenvalue weighted by atomic mass is 9.76. The van der Waals surface area contributed by atoms with Crippen LogP contribution < -0.4 is 14.2 Å². The van der Waals surface area contributed by atoms with Crippen LogP contribution in [0.4, 0.5) is 0 Å². The number of nitrogens with zero attached hydrogens (tertiary/aromatic N) is 4. The summed E-state index contributed by atoms with van der Waals surface area (Å²) in [5, 5.41) is 0. The number of aryl methyl sites for hydroxylation is 1. The van der Waals surface area contributed by atoms with Crippen molar-refractivity contribution in [2.24, 2.45) is 5.92 Å². The van der Waals surface area contributed by atoms with Gasteiger partial charge in [-0.05, 0) is 95.1 Å². The monoisotopic (exact) mass is 706 g/mol. The summed E-state index contributed by atoms with van der Waals surface area (Å²) in [6.07, 6.45) is 13.0. The molecular weight excluding hydrogens is 656 g/mol. The summed E-state index contributed by atoms with van der Waals surface area (Å²) >= 11 is 0. The number of carbonyl (C=O) groups excluding carboxylic acids is 2. The van der Waals surface area contributed by atoms with Crippen LogP contribution in [-0.2, 0) is 12.0 Å². The minimum Gasteiger partial charge on any atom is -0.493 e. The molecule has 2 aromatic carbocycles. The Balaban J connectivity index is 1.13. The van der Waals surface area contributed by atoms with E-state index in [1.165, 1.54) is 5.56 Å². The Morgan fingerprint density at radius 2 is 1.69 bits per heavy atom. The first kappa shape index (κ1) is 36.7. The Morgan fingerprint density at radius 3 is 2.33 bits per heavy atom. The molecule has 4 aromatic rings. The quantitative estimate of drug-likeness (QED) is 0.100. The third kappa shape index (κ3) is 7.87. The van der Waals surface area contributed by atoms with Crippen molar-refractivity contribution in [2.75, 3.05) is 54.1 Å². The number of likely N-dealkylation sites (tertiary alicyclic amines) is 2. The van der Waals surface area contributed by atoms with Crippen LogP contribution in [0.15, 0.2) is 83.4 Å². The maximum atomic E-state index is 14.0. The van der Waals surface area contributed by atoms with Crippen LogP contribution in [0, 0.1) is 12.8 Å². The van der Waals surface area contributed by atoms with Gasteiger partial charge in [0.05, 0.1) is 39.8 Å². The highest BCUT2D eigenvalue weighted by atomic mass is 16.5. The summed E-state index contributed by atoms with van der Waals surface area (Å²) in [4.78, 5) is 37.0. The molecule has 52 heavy (non-hydrogen) atoms. The molecule has 0 aliphatic carbocycles. The van der Waals surface area contributed by atoms with E-state index in [0.29, 0.717) is 48.3 Å².